The summed E-state index contributed by atoms with van der Waals surface area (Å²) in [4.78, 5) is 14.9. The summed E-state index contributed by atoms with van der Waals surface area (Å²) in [5.41, 5.74) is 1.12. The number of rotatable bonds is 6. The van der Waals surface area contributed by atoms with Crippen molar-refractivity contribution in [2.24, 2.45) is 0 Å². The fraction of sp³-hybridized carbons (Fsp3) is 0.357. The van der Waals surface area contributed by atoms with Crippen LogP contribution in [0.4, 0.5) is 11.6 Å². The van der Waals surface area contributed by atoms with Gasteiger partial charge in [0, 0.05) is 44.9 Å². The molecule has 0 spiro atoms. The van der Waals surface area contributed by atoms with Crippen LogP contribution in [0.15, 0.2) is 36.8 Å². The van der Waals surface area contributed by atoms with E-state index in [1.54, 1.807) is 12.4 Å². The number of hydrogen-bond acceptors (Lipinski definition) is 5. The Kier molecular flexibility index (Phi) is 4.66. The zero-order valence-corrected chi connectivity index (χ0v) is 11.4. The Balaban J connectivity index is 1.83. The van der Waals surface area contributed by atoms with Crippen LogP contribution in [-0.2, 0) is 6.42 Å². The molecule has 2 aromatic heterocycles. The molecule has 0 atom stereocenters. The fourth-order valence-electron chi connectivity index (χ4n) is 1.80. The van der Waals surface area contributed by atoms with Gasteiger partial charge in [-0.1, -0.05) is 6.07 Å². The van der Waals surface area contributed by atoms with Gasteiger partial charge in [0.2, 0.25) is 0 Å². The monoisotopic (exact) mass is 257 g/mol. The maximum Gasteiger partial charge on any atom is 0.171 e. The zero-order chi connectivity index (χ0) is 13.5. The number of anilines is 2. The Labute approximate surface area is 113 Å². The number of hydrogen-bond donors (Lipinski definition) is 1. The zero-order valence-electron chi connectivity index (χ0n) is 11.4. The van der Waals surface area contributed by atoms with Crippen molar-refractivity contribution in [1.29, 1.82) is 0 Å². The Morgan fingerprint density at radius 2 is 1.89 bits per heavy atom. The summed E-state index contributed by atoms with van der Waals surface area (Å²) < 4.78 is 0. The van der Waals surface area contributed by atoms with Crippen LogP contribution in [-0.4, -0.2) is 35.6 Å². The van der Waals surface area contributed by atoms with E-state index in [0.29, 0.717) is 0 Å². The van der Waals surface area contributed by atoms with E-state index in [1.165, 1.54) is 0 Å². The van der Waals surface area contributed by atoms with Crippen molar-refractivity contribution in [3.63, 3.8) is 0 Å². The van der Waals surface area contributed by atoms with Crippen LogP contribution in [0.5, 0.6) is 0 Å². The SMILES string of the molecule is CN(C)c1nccnc1NCCCc1ccccn1. The summed E-state index contributed by atoms with van der Waals surface area (Å²) in [7, 11) is 3.92. The van der Waals surface area contributed by atoms with Crippen molar-refractivity contribution in [3.8, 4) is 0 Å². The summed E-state index contributed by atoms with van der Waals surface area (Å²) >= 11 is 0. The highest BCUT2D eigenvalue weighted by Crippen LogP contribution is 2.16. The lowest BCUT2D eigenvalue weighted by Crippen LogP contribution is -2.15. The van der Waals surface area contributed by atoms with Gasteiger partial charge in [0.25, 0.3) is 0 Å². The number of aryl methyl sites for hydroxylation is 1. The average molecular weight is 257 g/mol. The molecule has 0 aromatic carbocycles. The van der Waals surface area contributed by atoms with Gasteiger partial charge in [0.15, 0.2) is 11.6 Å². The Morgan fingerprint density at radius 1 is 1.05 bits per heavy atom. The molecule has 0 amide bonds. The maximum atomic E-state index is 4.31. The van der Waals surface area contributed by atoms with Gasteiger partial charge < -0.3 is 10.2 Å². The molecule has 19 heavy (non-hydrogen) atoms. The van der Waals surface area contributed by atoms with Gasteiger partial charge in [0.05, 0.1) is 0 Å². The normalized spacial score (nSPS) is 10.2. The number of nitrogens with one attached hydrogen (secondary N) is 1. The molecular weight excluding hydrogens is 238 g/mol. The molecule has 0 aliphatic heterocycles. The highest BCUT2D eigenvalue weighted by molar-refractivity contribution is 5.59. The van der Waals surface area contributed by atoms with Gasteiger partial charge in [-0.25, -0.2) is 9.97 Å². The smallest absolute Gasteiger partial charge is 0.171 e. The van der Waals surface area contributed by atoms with Crippen LogP contribution in [0.2, 0.25) is 0 Å². The van der Waals surface area contributed by atoms with Crippen LogP contribution < -0.4 is 10.2 Å². The quantitative estimate of drug-likeness (QED) is 0.802. The van der Waals surface area contributed by atoms with Gasteiger partial charge >= 0.3 is 0 Å². The highest BCUT2D eigenvalue weighted by atomic mass is 15.2. The summed E-state index contributed by atoms with van der Waals surface area (Å²) in [6, 6.07) is 6.00. The van der Waals surface area contributed by atoms with Crippen LogP contribution >= 0.6 is 0 Å². The molecule has 2 aromatic rings. The summed E-state index contributed by atoms with van der Waals surface area (Å²) in [6.45, 7) is 0.857. The molecule has 5 nitrogen and oxygen atoms in total. The third kappa shape index (κ3) is 3.91. The molecule has 5 heteroatoms. The lowest BCUT2D eigenvalue weighted by molar-refractivity contribution is 0.831. The second-order valence-electron chi connectivity index (χ2n) is 4.47. The number of aromatic nitrogens is 3. The molecule has 0 bridgehead atoms. The van der Waals surface area contributed by atoms with E-state index in [-0.39, 0.29) is 0 Å². The first-order valence-corrected chi connectivity index (χ1v) is 6.39. The van der Waals surface area contributed by atoms with Crippen molar-refractivity contribution in [3.05, 3.63) is 42.5 Å². The Morgan fingerprint density at radius 3 is 2.63 bits per heavy atom. The first-order valence-electron chi connectivity index (χ1n) is 6.39. The molecular formula is C14H19N5. The van der Waals surface area contributed by atoms with Crippen LogP contribution in [0.25, 0.3) is 0 Å². The molecule has 0 aliphatic rings. The minimum absolute atomic E-state index is 0.827. The predicted octanol–water partition coefficient (Wildman–Crippen LogP) is 1.98. The molecule has 0 fully saturated rings. The third-order valence-electron chi connectivity index (χ3n) is 2.73. The van der Waals surface area contributed by atoms with Crippen molar-refractivity contribution >= 4 is 11.6 Å². The van der Waals surface area contributed by atoms with Gasteiger partial charge in [-0.15, -0.1) is 0 Å². The Hall–Kier alpha value is -2.17. The van der Waals surface area contributed by atoms with Crippen molar-refractivity contribution in [1.82, 2.24) is 15.0 Å². The van der Waals surface area contributed by atoms with Crippen LogP contribution in [0, 0.1) is 0 Å². The molecule has 2 heterocycles. The third-order valence-corrected chi connectivity index (χ3v) is 2.73. The van der Waals surface area contributed by atoms with Gasteiger partial charge in [-0.05, 0) is 25.0 Å². The van der Waals surface area contributed by atoms with E-state index in [2.05, 4.69) is 20.3 Å². The molecule has 0 radical (unpaired) electrons. The number of nitrogens with zero attached hydrogens (tertiary/aromatic N) is 4. The molecule has 2 rings (SSSR count). The summed E-state index contributed by atoms with van der Waals surface area (Å²) in [5.74, 6) is 1.69. The van der Waals surface area contributed by atoms with E-state index in [4.69, 9.17) is 0 Å². The van der Waals surface area contributed by atoms with Gasteiger partial charge in [-0.2, -0.15) is 0 Å². The summed E-state index contributed by atoms with van der Waals surface area (Å²) in [5, 5.41) is 3.32. The minimum Gasteiger partial charge on any atom is -0.367 e. The average Bonchev–Trinajstić information content (AvgIpc) is 2.45. The Bertz CT molecular complexity index is 498. The fourth-order valence-corrected chi connectivity index (χ4v) is 1.80. The molecule has 0 unspecified atom stereocenters. The summed E-state index contributed by atoms with van der Waals surface area (Å²) in [6.07, 6.45) is 7.21. The van der Waals surface area contributed by atoms with Gasteiger partial charge in [-0.3, -0.25) is 4.98 Å². The highest BCUT2D eigenvalue weighted by Gasteiger charge is 2.05. The van der Waals surface area contributed by atoms with Crippen LogP contribution in [0.3, 0.4) is 0 Å². The van der Waals surface area contributed by atoms with E-state index in [0.717, 1.165) is 36.7 Å². The van der Waals surface area contributed by atoms with Crippen molar-refractivity contribution in [2.45, 2.75) is 12.8 Å². The van der Waals surface area contributed by atoms with Crippen molar-refractivity contribution in [2.75, 3.05) is 30.9 Å². The molecule has 1 N–H and O–H groups in total. The first-order chi connectivity index (χ1) is 9.27. The lowest BCUT2D eigenvalue weighted by atomic mass is 10.2. The topological polar surface area (TPSA) is 53.9 Å². The maximum absolute atomic E-state index is 4.31. The first kappa shape index (κ1) is 13.3. The molecule has 0 saturated heterocycles. The van der Waals surface area contributed by atoms with Crippen molar-refractivity contribution < 1.29 is 0 Å². The van der Waals surface area contributed by atoms with E-state index in [1.807, 2.05) is 43.4 Å². The molecule has 0 saturated carbocycles. The predicted molar refractivity (Wildman–Crippen MR) is 77.4 cm³/mol. The van der Waals surface area contributed by atoms with E-state index < -0.39 is 0 Å². The largest absolute Gasteiger partial charge is 0.367 e. The standard InChI is InChI=1S/C14H19N5/c1-19(2)14-13(17-10-11-18-14)16-9-5-7-12-6-3-4-8-15-12/h3-4,6,8,10-11H,5,7,9H2,1-2H3,(H,16,17). The van der Waals surface area contributed by atoms with E-state index >= 15 is 0 Å². The van der Waals surface area contributed by atoms with Crippen LogP contribution in [0.1, 0.15) is 12.1 Å². The minimum atomic E-state index is 0.827. The lowest BCUT2D eigenvalue weighted by Gasteiger charge is -2.15. The second kappa shape index (κ2) is 6.68. The second-order valence-corrected chi connectivity index (χ2v) is 4.47. The molecule has 100 valence electrons. The van der Waals surface area contributed by atoms with E-state index in [9.17, 15) is 0 Å². The number of pyridine rings is 1. The molecule has 0 aliphatic carbocycles. The van der Waals surface area contributed by atoms with Gasteiger partial charge in [0.1, 0.15) is 0 Å².